The fraction of sp³-hybridized carbons (Fsp3) is 0.321. The standard InChI is InChI=1S/C28H29N3O5S/c1-18-23(29-27(37-18)19-7-4-3-5-8-19)25(32)22-24(20-9-6-10-21(17-20)35-2)31(28(34)26(22)33)12-11-30-13-15-36-16-14-30/h3-10,17,24,32H,11-16H2,1-2H3/t24-/m1/s1. The third-order valence-electron chi connectivity index (χ3n) is 6.75. The molecule has 5 rings (SSSR count). The Kier molecular flexibility index (Phi) is 7.36. The molecule has 1 N–H and O–H groups in total. The van der Waals surface area contributed by atoms with E-state index in [9.17, 15) is 14.7 Å². The second-order valence-electron chi connectivity index (χ2n) is 9.01. The minimum absolute atomic E-state index is 0.0493. The van der Waals surface area contributed by atoms with Gasteiger partial charge in [0.15, 0.2) is 5.76 Å². The largest absolute Gasteiger partial charge is 0.505 e. The Morgan fingerprint density at radius 3 is 2.59 bits per heavy atom. The number of ketones is 1. The van der Waals surface area contributed by atoms with Crippen LogP contribution in [0.1, 0.15) is 22.2 Å². The summed E-state index contributed by atoms with van der Waals surface area (Å²) in [5, 5.41) is 12.2. The second-order valence-corrected chi connectivity index (χ2v) is 10.2. The van der Waals surface area contributed by atoms with Crippen LogP contribution in [-0.4, -0.2) is 78.1 Å². The highest BCUT2D eigenvalue weighted by atomic mass is 32.1. The number of amides is 1. The Hall–Kier alpha value is -3.53. The highest BCUT2D eigenvalue weighted by molar-refractivity contribution is 7.15. The Labute approximate surface area is 219 Å². The normalized spacial score (nSPS) is 19.9. The van der Waals surface area contributed by atoms with Crippen molar-refractivity contribution in [3.8, 4) is 16.3 Å². The van der Waals surface area contributed by atoms with Crippen LogP contribution in [0.25, 0.3) is 16.3 Å². The summed E-state index contributed by atoms with van der Waals surface area (Å²) in [6.07, 6.45) is 0. The van der Waals surface area contributed by atoms with Gasteiger partial charge in [-0.3, -0.25) is 14.5 Å². The molecule has 0 bridgehead atoms. The van der Waals surface area contributed by atoms with E-state index < -0.39 is 17.7 Å². The van der Waals surface area contributed by atoms with Crippen LogP contribution in [0, 0.1) is 6.92 Å². The number of thiazole rings is 1. The van der Waals surface area contributed by atoms with Gasteiger partial charge in [-0.1, -0.05) is 42.5 Å². The number of methoxy groups -OCH3 is 1. The lowest BCUT2D eigenvalue weighted by molar-refractivity contribution is -0.140. The monoisotopic (exact) mass is 519 g/mol. The number of aromatic nitrogens is 1. The first-order valence-electron chi connectivity index (χ1n) is 12.2. The van der Waals surface area contributed by atoms with Gasteiger partial charge in [0.2, 0.25) is 0 Å². The molecule has 9 heteroatoms. The lowest BCUT2D eigenvalue weighted by Crippen LogP contribution is -2.42. The number of aliphatic hydroxyl groups is 1. The van der Waals surface area contributed by atoms with Crippen molar-refractivity contribution in [3.05, 3.63) is 76.3 Å². The molecule has 2 aliphatic heterocycles. The summed E-state index contributed by atoms with van der Waals surface area (Å²) >= 11 is 1.44. The number of aliphatic hydroxyl groups excluding tert-OH is 1. The van der Waals surface area contributed by atoms with Crippen LogP contribution < -0.4 is 4.74 Å². The van der Waals surface area contributed by atoms with Crippen LogP contribution in [0.3, 0.4) is 0 Å². The Balaban J connectivity index is 1.57. The number of Topliss-reactive ketones (excluding diaryl/α,β-unsaturated/α-hetero) is 1. The molecule has 0 saturated carbocycles. The zero-order valence-corrected chi connectivity index (χ0v) is 21.7. The van der Waals surface area contributed by atoms with Crippen LogP contribution in [0.4, 0.5) is 0 Å². The van der Waals surface area contributed by atoms with E-state index in [-0.39, 0.29) is 11.3 Å². The third kappa shape index (κ3) is 5.02. The van der Waals surface area contributed by atoms with Crippen LogP contribution in [0.15, 0.2) is 60.2 Å². The molecular weight excluding hydrogens is 490 g/mol. The quantitative estimate of drug-likeness (QED) is 0.288. The fourth-order valence-electron chi connectivity index (χ4n) is 4.79. The van der Waals surface area contributed by atoms with Gasteiger partial charge in [0.25, 0.3) is 11.7 Å². The van der Waals surface area contributed by atoms with Crippen LogP contribution in [-0.2, 0) is 14.3 Å². The number of benzene rings is 2. The highest BCUT2D eigenvalue weighted by Gasteiger charge is 2.46. The summed E-state index contributed by atoms with van der Waals surface area (Å²) in [5.41, 5.74) is 1.99. The van der Waals surface area contributed by atoms with Gasteiger partial charge in [-0.15, -0.1) is 11.3 Å². The molecule has 2 saturated heterocycles. The summed E-state index contributed by atoms with van der Waals surface area (Å²) in [5.74, 6) is -0.983. The topological polar surface area (TPSA) is 92.2 Å². The van der Waals surface area contributed by atoms with Gasteiger partial charge >= 0.3 is 0 Å². The molecule has 2 fully saturated rings. The maximum atomic E-state index is 13.4. The molecule has 1 atom stereocenters. The molecule has 192 valence electrons. The number of rotatable bonds is 7. The molecule has 37 heavy (non-hydrogen) atoms. The van der Waals surface area contributed by atoms with Crippen LogP contribution in [0.5, 0.6) is 5.75 Å². The van der Waals surface area contributed by atoms with E-state index >= 15 is 0 Å². The number of carbonyl (C=O) groups excluding carboxylic acids is 2. The molecular formula is C28H29N3O5S. The van der Waals surface area contributed by atoms with E-state index in [1.54, 1.807) is 24.1 Å². The maximum Gasteiger partial charge on any atom is 0.295 e. The lowest BCUT2D eigenvalue weighted by atomic mass is 9.96. The molecule has 3 heterocycles. The predicted molar refractivity (Wildman–Crippen MR) is 142 cm³/mol. The van der Waals surface area contributed by atoms with Gasteiger partial charge in [0.1, 0.15) is 16.5 Å². The van der Waals surface area contributed by atoms with E-state index in [0.717, 1.165) is 28.5 Å². The number of hydrogen-bond acceptors (Lipinski definition) is 8. The first kappa shape index (κ1) is 25.1. The van der Waals surface area contributed by atoms with Crippen molar-refractivity contribution < 1.29 is 24.2 Å². The van der Waals surface area contributed by atoms with Gasteiger partial charge < -0.3 is 19.5 Å². The van der Waals surface area contributed by atoms with Crippen molar-refractivity contribution in [3.63, 3.8) is 0 Å². The van der Waals surface area contributed by atoms with E-state index in [0.29, 0.717) is 43.3 Å². The number of carbonyl (C=O) groups is 2. The number of nitrogens with zero attached hydrogens (tertiary/aromatic N) is 3. The summed E-state index contributed by atoms with van der Waals surface area (Å²) < 4.78 is 10.8. The molecule has 0 aliphatic carbocycles. The molecule has 8 nitrogen and oxygen atoms in total. The second kappa shape index (κ2) is 10.8. The van der Waals surface area contributed by atoms with Crippen molar-refractivity contribution in [1.82, 2.24) is 14.8 Å². The minimum atomic E-state index is -0.752. The Morgan fingerprint density at radius 1 is 1.11 bits per heavy atom. The van der Waals surface area contributed by atoms with Gasteiger partial charge in [-0.05, 0) is 24.6 Å². The van der Waals surface area contributed by atoms with E-state index in [1.165, 1.54) is 11.3 Å². The predicted octanol–water partition coefficient (Wildman–Crippen LogP) is 3.88. The SMILES string of the molecule is COc1cccc([C@@H]2C(=C(O)c3nc(-c4ccccc4)sc3C)C(=O)C(=O)N2CCN2CCOCC2)c1. The molecule has 0 spiro atoms. The van der Waals surface area contributed by atoms with E-state index in [2.05, 4.69) is 9.88 Å². The molecule has 0 unspecified atom stereocenters. The van der Waals surface area contributed by atoms with Gasteiger partial charge in [-0.25, -0.2) is 4.98 Å². The van der Waals surface area contributed by atoms with Crippen molar-refractivity contribution in [1.29, 1.82) is 0 Å². The van der Waals surface area contributed by atoms with Crippen LogP contribution >= 0.6 is 11.3 Å². The third-order valence-corrected chi connectivity index (χ3v) is 7.77. The van der Waals surface area contributed by atoms with Gasteiger partial charge in [0, 0.05) is 36.6 Å². The smallest absolute Gasteiger partial charge is 0.295 e. The number of hydrogen-bond donors (Lipinski definition) is 1. The Bertz CT molecular complexity index is 1330. The van der Waals surface area contributed by atoms with Crippen molar-refractivity contribution in [2.45, 2.75) is 13.0 Å². The van der Waals surface area contributed by atoms with E-state index in [4.69, 9.17) is 9.47 Å². The summed E-state index contributed by atoms with van der Waals surface area (Å²) in [4.78, 5) is 35.9. The molecule has 0 radical (unpaired) electrons. The van der Waals surface area contributed by atoms with E-state index in [1.807, 2.05) is 49.4 Å². The van der Waals surface area contributed by atoms with Crippen LogP contribution in [0.2, 0.25) is 0 Å². The van der Waals surface area contributed by atoms with Gasteiger partial charge in [0.05, 0.1) is 31.9 Å². The molecule has 2 aliphatic rings. The number of morpholine rings is 1. The zero-order chi connectivity index (χ0) is 25.9. The average Bonchev–Trinajstić information content (AvgIpc) is 3.45. The summed E-state index contributed by atoms with van der Waals surface area (Å²) in [6.45, 7) is 5.63. The summed E-state index contributed by atoms with van der Waals surface area (Å²) in [7, 11) is 1.57. The zero-order valence-electron chi connectivity index (χ0n) is 20.8. The maximum absolute atomic E-state index is 13.4. The minimum Gasteiger partial charge on any atom is -0.505 e. The van der Waals surface area contributed by atoms with Crippen molar-refractivity contribution in [2.75, 3.05) is 46.5 Å². The van der Waals surface area contributed by atoms with Crippen molar-refractivity contribution >= 4 is 28.8 Å². The summed E-state index contributed by atoms with van der Waals surface area (Å²) in [6, 6.07) is 16.2. The molecule has 1 amide bonds. The lowest BCUT2D eigenvalue weighted by Gasteiger charge is -2.31. The number of aryl methyl sites for hydroxylation is 1. The fourth-order valence-corrected chi connectivity index (χ4v) is 5.71. The first-order valence-corrected chi connectivity index (χ1v) is 13.0. The Morgan fingerprint density at radius 2 is 1.86 bits per heavy atom. The molecule has 3 aromatic rings. The van der Waals surface area contributed by atoms with Crippen molar-refractivity contribution in [2.24, 2.45) is 0 Å². The number of likely N-dealkylation sites (tertiary alicyclic amines) is 1. The first-order chi connectivity index (χ1) is 18.0. The average molecular weight is 520 g/mol. The highest BCUT2D eigenvalue weighted by Crippen LogP contribution is 2.41. The molecule has 1 aromatic heterocycles. The van der Waals surface area contributed by atoms with Gasteiger partial charge in [-0.2, -0.15) is 0 Å². The molecule has 2 aromatic carbocycles. The number of ether oxygens (including phenoxy) is 2.